The summed E-state index contributed by atoms with van der Waals surface area (Å²) in [6.45, 7) is 7.55. The van der Waals surface area contributed by atoms with Gasteiger partial charge < -0.3 is 9.30 Å². The van der Waals surface area contributed by atoms with Crippen molar-refractivity contribution in [3.8, 4) is 11.5 Å². The first kappa shape index (κ1) is 22.6. The van der Waals surface area contributed by atoms with E-state index in [0.29, 0.717) is 11.8 Å². The van der Waals surface area contributed by atoms with Crippen molar-refractivity contribution < 1.29 is 9.53 Å². The highest BCUT2D eigenvalue weighted by Gasteiger charge is 2.24. The van der Waals surface area contributed by atoms with Crippen LogP contribution in [0.3, 0.4) is 0 Å². The number of benzene rings is 3. The molecule has 3 heteroatoms. The summed E-state index contributed by atoms with van der Waals surface area (Å²) >= 11 is 0. The van der Waals surface area contributed by atoms with Crippen LogP contribution in [0.2, 0.25) is 0 Å². The standard InChI is InChI=1S/C15H15NO.C15H16O/c1-11-9-10-16-13(11)7-8-14(16)15(17)12-5-3-2-4-6-12;1-12(2)13-7-6-10-15(11-13)16-14-8-4-3-5-9-14/h2-8,11H,9-10H2,1H3;3-12H,1-2H3. The Balaban J connectivity index is 0.000000157. The third-order valence-corrected chi connectivity index (χ3v) is 6.08. The number of carbonyl (C=O) groups excluding carboxylic acids is 1. The molecule has 1 aliphatic rings. The Morgan fingerprint density at radius 1 is 0.848 bits per heavy atom. The molecule has 5 rings (SSSR count). The van der Waals surface area contributed by atoms with E-state index in [1.165, 1.54) is 11.3 Å². The van der Waals surface area contributed by atoms with E-state index in [1.54, 1.807) is 0 Å². The molecule has 0 bridgehead atoms. The van der Waals surface area contributed by atoms with E-state index >= 15 is 0 Å². The van der Waals surface area contributed by atoms with Gasteiger partial charge in [0.2, 0.25) is 5.78 Å². The molecule has 4 aromatic rings. The van der Waals surface area contributed by atoms with Crippen LogP contribution in [0.25, 0.3) is 0 Å². The maximum Gasteiger partial charge on any atom is 0.209 e. The molecule has 3 nitrogen and oxygen atoms in total. The van der Waals surface area contributed by atoms with Crippen molar-refractivity contribution in [1.82, 2.24) is 4.57 Å². The van der Waals surface area contributed by atoms with Crippen LogP contribution in [0.5, 0.6) is 11.5 Å². The molecule has 0 amide bonds. The summed E-state index contributed by atoms with van der Waals surface area (Å²) in [6.07, 6.45) is 1.14. The third-order valence-electron chi connectivity index (χ3n) is 6.08. The van der Waals surface area contributed by atoms with E-state index in [-0.39, 0.29) is 5.78 Å². The summed E-state index contributed by atoms with van der Waals surface area (Å²) in [5, 5.41) is 0. The molecule has 0 spiro atoms. The van der Waals surface area contributed by atoms with E-state index in [4.69, 9.17) is 4.74 Å². The van der Waals surface area contributed by atoms with Crippen LogP contribution in [-0.4, -0.2) is 10.4 Å². The summed E-state index contributed by atoms with van der Waals surface area (Å²) in [5.74, 6) is 3.01. The highest BCUT2D eigenvalue weighted by molar-refractivity contribution is 6.08. The average molecular weight is 438 g/mol. The number of rotatable bonds is 5. The Morgan fingerprint density at radius 2 is 1.52 bits per heavy atom. The molecule has 1 unspecified atom stereocenters. The fourth-order valence-corrected chi connectivity index (χ4v) is 4.13. The Labute approximate surface area is 196 Å². The summed E-state index contributed by atoms with van der Waals surface area (Å²) in [5.41, 5.74) is 4.20. The minimum Gasteiger partial charge on any atom is -0.457 e. The van der Waals surface area contributed by atoms with Crippen LogP contribution in [0, 0.1) is 0 Å². The van der Waals surface area contributed by atoms with Gasteiger partial charge in [-0.25, -0.2) is 0 Å². The van der Waals surface area contributed by atoms with Crippen molar-refractivity contribution in [3.05, 3.63) is 120 Å². The van der Waals surface area contributed by atoms with Crippen LogP contribution >= 0.6 is 0 Å². The lowest BCUT2D eigenvalue weighted by Crippen LogP contribution is -2.08. The monoisotopic (exact) mass is 437 g/mol. The van der Waals surface area contributed by atoms with Gasteiger partial charge in [-0.1, -0.05) is 81.4 Å². The summed E-state index contributed by atoms with van der Waals surface area (Å²) in [7, 11) is 0. The molecule has 0 fully saturated rings. The summed E-state index contributed by atoms with van der Waals surface area (Å²) in [4.78, 5) is 12.4. The smallest absolute Gasteiger partial charge is 0.209 e. The first-order valence-corrected chi connectivity index (χ1v) is 11.6. The Hall–Kier alpha value is -3.59. The SMILES string of the molecule is CC(C)c1cccc(Oc2ccccc2)c1.CC1CCn2c(C(=O)c3ccccc3)ccc21. The summed E-state index contributed by atoms with van der Waals surface area (Å²) < 4.78 is 7.94. The van der Waals surface area contributed by atoms with Crippen molar-refractivity contribution in [2.75, 3.05) is 0 Å². The average Bonchev–Trinajstić information content (AvgIpc) is 3.43. The number of hydrogen-bond acceptors (Lipinski definition) is 2. The van der Waals surface area contributed by atoms with Crippen LogP contribution in [-0.2, 0) is 6.54 Å². The number of ketones is 1. The van der Waals surface area contributed by atoms with Gasteiger partial charge in [-0.05, 0) is 60.2 Å². The second-order valence-corrected chi connectivity index (χ2v) is 8.82. The van der Waals surface area contributed by atoms with Gasteiger partial charge >= 0.3 is 0 Å². The molecule has 2 heterocycles. The highest BCUT2D eigenvalue weighted by Crippen LogP contribution is 2.30. The van der Waals surface area contributed by atoms with Crippen LogP contribution in [0.4, 0.5) is 0 Å². The molecule has 1 aliphatic heterocycles. The second kappa shape index (κ2) is 10.4. The predicted octanol–water partition coefficient (Wildman–Crippen LogP) is 7.83. The number of carbonyl (C=O) groups is 1. The van der Waals surface area contributed by atoms with Gasteiger partial charge in [-0.15, -0.1) is 0 Å². The number of nitrogens with zero attached hydrogens (tertiary/aromatic N) is 1. The molecular formula is C30H31NO2. The van der Waals surface area contributed by atoms with E-state index in [0.717, 1.165) is 35.7 Å². The molecule has 168 valence electrons. The number of para-hydroxylation sites is 1. The Bertz CT molecular complexity index is 1190. The lowest BCUT2D eigenvalue weighted by molar-refractivity contribution is 0.103. The predicted molar refractivity (Wildman–Crippen MR) is 134 cm³/mol. The number of ether oxygens (including phenoxy) is 1. The zero-order chi connectivity index (χ0) is 23.2. The van der Waals surface area contributed by atoms with Gasteiger partial charge in [0.05, 0.1) is 5.69 Å². The molecule has 3 aromatic carbocycles. The molecule has 1 atom stereocenters. The van der Waals surface area contributed by atoms with Crippen molar-refractivity contribution in [1.29, 1.82) is 0 Å². The first-order chi connectivity index (χ1) is 16.0. The molecular weight excluding hydrogens is 406 g/mol. The van der Waals surface area contributed by atoms with Crippen LogP contribution in [0.15, 0.2) is 97.1 Å². The maximum absolute atomic E-state index is 12.4. The zero-order valence-corrected chi connectivity index (χ0v) is 19.6. The van der Waals surface area contributed by atoms with Gasteiger partial charge in [0.1, 0.15) is 11.5 Å². The van der Waals surface area contributed by atoms with Gasteiger partial charge in [0, 0.05) is 17.8 Å². The van der Waals surface area contributed by atoms with E-state index in [1.807, 2.05) is 78.9 Å². The Kier molecular flexibility index (Phi) is 7.09. The second-order valence-electron chi connectivity index (χ2n) is 8.82. The molecule has 33 heavy (non-hydrogen) atoms. The zero-order valence-electron chi connectivity index (χ0n) is 19.6. The topological polar surface area (TPSA) is 31.2 Å². The third kappa shape index (κ3) is 5.43. The van der Waals surface area contributed by atoms with Gasteiger partial charge in [0.25, 0.3) is 0 Å². The fourth-order valence-electron chi connectivity index (χ4n) is 4.13. The largest absolute Gasteiger partial charge is 0.457 e. The van der Waals surface area contributed by atoms with Crippen LogP contribution < -0.4 is 4.74 Å². The van der Waals surface area contributed by atoms with Gasteiger partial charge in [-0.2, -0.15) is 0 Å². The minimum absolute atomic E-state index is 0.131. The van der Waals surface area contributed by atoms with Crippen molar-refractivity contribution in [2.24, 2.45) is 0 Å². The highest BCUT2D eigenvalue weighted by atomic mass is 16.5. The molecule has 1 aromatic heterocycles. The number of hydrogen-bond donors (Lipinski definition) is 0. The lowest BCUT2D eigenvalue weighted by atomic mass is 10.0. The molecule has 0 aliphatic carbocycles. The number of aromatic nitrogens is 1. The molecule has 0 radical (unpaired) electrons. The maximum atomic E-state index is 12.4. The molecule has 0 N–H and O–H groups in total. The lowest BCUT2D eigenvalue weighted by Gasteiger charge is -2.09. The molecule has 0 saturated carbocycles. The normalized spacial score (nSPS) is 14.4. The quantitative estimate of drug-likeness (QED) is 0.298. The number of fused-ring (bicyclic) bond motifs is 1. The van der Waals surface area contributed by atoms with E-state index in [2.05, 4.69) is 43.5 Å². The van der Waals surface area contributed by atoms with Crippen molar-refractivity contribution in [2.45, 2.75) is 45.6 Å². The Morgan fingerprint density at radius 3 is 2.21 bits per heavy atom. The van der Waals surface area contributed by atoms with Gasteiger partial charge in [0.15, 0.2) is 0 Å². The van der Waals surface area contributed by atoms with Gasteiger partial charge in [-0.3, -0.25) is 4.79 Å². The van der Waals surface area contributed by atoms with Crippen molar-refractivity contribution >= 4 is 5.78 Å². The van der Waals surface area contributed by atoms with Crippen LogP contribution in [0.1, 0.15) is 66.3 Å². The molecule has 0 saturated heterocycles. The fraction of sp³-hybridized carbons (Fsp3) is 0.233. The van der Waals surface area contributed by atoms with Crippen molar-refractivity contribution in [3.63, 3.8) is 0 Å². The first-order valence-electron chi connectivity index (χ1n) is 11.6. The minimum atomic E-state index is 0.131. The van der Waals surface area contributed by atoms with E-state index < -0.39 is 0 Å². The summed E-state index contributed by atoms with van der Waals surface area (Å²) in [6, 6.07) is 31.6. The van der Waals surface area contributed by atoms with E-state index in [9.17, 15) is 4.79 Å².